The summed E-state index contributed by atoms with van der Waals surface area (Å²) in [5, 5.41) is 20.8. The van der Waals surface area contributed by atoms with Crippen LogP contribution in [0.1, 0.15) is 19.4 Å². The van der Waals surface area contributed by atoms with E-state index in [0.717, 1.165) is 0 Å². The minimum atomic E-state index is -1.12. The molecule has 6 nitrogen and oxygen atoms in total. The summed E-state index contributed by atoms with van der Waals surface area (Å²) in [6.45, 7) is 3.58. The second kappa shape index (κ2) is 6.91. The summed E-state index contributed by atoms with van der Waals surface area (Å²) in [6.07, 6.45) is 0.131. The number of aromatic hydroxyl groups is 1. The molecule has 0 spiro atoms. The van der Waals surface area contributed by atoms with E-state index in [9.17, 15) is 14.7 Å². The summed E-state index contributed by atoms with van der Waals surface area (Å²) in [5.41, 5.74) is 6.39. The molecule has 1 aromatic carbocycles. The van der Waals surface area contributed by atoms with Crippen molar-refractivity contribution in [2.45, 2.75) is 32.4 Å². The highest BCUT2D eigenvalue weighted by molar-refractivity contribution is 5.87. The van der Waals surface area contributed by atoms with Crippen LogP contribution in [0.25, 0.3) is 0 Å². The highest BCUT2D eigenvalue weighted by Gasteiger charge is 2.24. The maximum Gasteiger partial charge on any atom is 0.326 e. The summed E-state index contributed by atoms with van der Waals surface area (Å²) >= 11 is 0. The van der Waals surface area contributed by atoms with Crippen molar-refractivity contribution in [3.05, 3.63) is 29.8 Å². The van der Waals surface area contributed by atoms with E-state index >= 15 is 0 Å². The van der Waals surface area contributed by atoms with Gasteiger partial charge in [0.05, 0.1) is 6.04 Å². The van der Waals surface area contributed by atoms with Crippen molar-refractivity contribution in [2.24, 2.45) is 11.7 Å². The van der Waals surface area contributed by atoms with Gasteiger partial charge in [-0.3, -0.25) is 4.79 Å². The Labute approximate surface area is 117 Å². The maximum atomic E-state index is 11.8. The number of benzene rings is 1. The second-order valence-corrected chi connectivity index (χ2v) is 5.04. The highest BCUT2D eigenvalue weighted by atomic mass is 16.4. The first-order valence-electron chi connectivity index (χ1n) is 6.38. The smallest absolute Gasteiger partial charge is 0.326 e. The molecule has 0 heterocycles. The standard InChI is InChI=1S/C14H20N2O4/c1-8(2)12(15)13(18)16-11(14(19)20)7-9-3-5-10(17)6-4-9/h3-6,8,11-12,17H,7,15H2,1-2H3,(H,16,18)(H,19,20)/t11-,12+/m0/s1. The average molecular weight is 280 g/mol. The first-order chi connectivity index (χ1) is 9.31. The zero-order valence-electron chi connectivity index (χ0n) is 11.5. The normalized spacial score (nSPS) is 13.8. The lowest BCUT2D eigenvalue weighted by Crippen LogP contribution is -2.51. The summed E-state index contributed by atoms with van der Waals surface area (Å²) in [7, 11) is 0. The molecule has 0 saturated heterocycles. The van der Waals surface area contributed by atoms with Crippen molar-refractivity contribution in [2.75, 3.05) is 0 Å². The van der Waals surface area contributed by atoms with Gasteiger partial charge in [0.1, 0.15) is 11.8 Å². The van der Waals surface area contributed by atoms with Gasteiger partial charge < -0.3 is 21.3 Å². The van der Waals surface area contributed by atoms with Crippen LogP contribution in [0.5, 0.6) is 5.75 Å². The summed E-state index contributed by atoms with van der Waals surface area (Å²) in [6, 6.07) is 4.37. The molecule has 6 heteroatoms. The topological polar surface area (TPSA) is 113 Å². The van der Waals surface area contributed by atoms with E-state index in [1.807, 2.05) is 0 Å². The van der Waals surface area contributed by atoms with Crippen molar-refractivity contribution < 1.29 is 19.8 Å². The number of nitrogens with one attached hydrogen (secondary N) is 1. The van der Waals surface area contributed by atoms with Gasteiger partial charge in [-0.05, 0) is 23.6 Å². The van der Waals surface area contributed by atoms with Gasteiger partial charge in [-0.15, -0.1) is 0 Å². The Balaban J connectivity index is 2.72. The molecule has 0 saturated carbocycles. The molecule has 0 unspecified atom stereocenters. The zero-order chi connectivity index (χ0) is 15.3. The number of aliphatic carboxylic acids is 1. The minimum absolute atomic E-state index is 0.0712. The second-order valence-electron chi connectivity index (χ2n) is 5.04. The molecule has 0 aromatic heterocycles. The lowest BCUT2D eigenvalue weighted by atomic mass is 10.0. The van der Waals surface area contributed by atoms with Crippen LogP contribution in [-0.4, -0.2) is 34.2 Å². The number of rotatable bonds is 6. The molecule has 1 aromatic rings. The van der Waals surface area contributed by atoms with Crippen LogP contribution in [0.3, 0.4) is 0 Å². The molecule has 5 N–H and O–H groups in total. The van der Waals surface area contributed by atoms with Crippen LogP contribution in [0.15, 0.2) is 24.3 Å². The van der Waals surface area contributed by atoms with Crippen molar-refractivity contribution in [3.8, 4) is 5.75 Å². The number of carboxylic acid groups (broad SMARTS) is 1. The van der Waals surface area contributed by atoms with Crippen LogP contribution < -0.4 is 11.1 Å². The van der Waals surface area contributed by atoms with Crippen LogP contribution in [0.4, 0.5) is 0 Å². The van der Waals surface area contributed by atoms with Gasteiger partial charge in [-0.2, -0.15) is 0 Å². The largest absolute Gasteiger partial charge is 0.508 e. The molecule has 1 rings (SSSR count). The Morgan fingerprint density at radius 3 is 2.25 bits per heavy atom. The van der Waals surface area contributed by atoms with E-state index in [1.165, 1.54) is 12.1 Å². The first-order valence-corrected chi connectivity index (χ1v) is 6.38. The van der Waals surface area contributed by atoms with Crippen molar-refractivity contribution >= 4 is 11.9 Å². The van der Waals surface area contributed by atoms with Gasteiger partial charge in [-0.1, -0.05) is 26.0 Å². The number of nitrogens with two attached hydrogens (primary N) is 1. The van der Waals surface area contributed by atoms with Gasteiger partial charge in [0.2, 0.25) is 5.91 Å². The number of carbonyl (C=O) groups is 2. The molecule has 0 radical (unpaired) electrons. The molecule has 0 aliphatic rings. The molecule has 0 aliphatic carbocycles. The molecule has 2 atom stereocenters. The van der Waals surface area contributed by atoms with Gasteiger partial charge in [0.25, 0.3) is 0 Å². The minimum Gasteiger partial charge on any atom is -0.508 e. The molecular formula is C14H20N2O4. The fourth-order valence-electron chi connectivity index (χ4n) is 1.64. The highest BCUT2D eigenvalue weighted by Crippen LogP contribution is 2.11. The average Bonchev–Trinajstić information content (AvgIpc) is 2.39. The Morgan fingerprint density at radius 1 is 1.25 bits per heavy atom. The van der Waals surface area contributed by atoms with Crippen molar-refractivity contribution in [1.29, 1.82) is 0 Å². The SMILES string of the molecule is CC(C)[C@@H](N)C(=O)N[C@@H](Cc1ccc(O)cc1)C(=O)O. The summed E-state index contributed by atoms with van der Waals surface area (Å²) in [4.78, 5) is 23.0. The van der Waals surface area contributed by atoms with Crippen molar-refractivity contribution in [3.63, 3.8) is 0 Å². The quantitative estimate of drug-likeness (QED) is 0.605. The third kappa shape index (κ3) is 4.55. The van der Waals surface area contributed by atoms with E-state index in [4.69, 9.17) is 10.8 Å². The molecule has 0 aliphatic heterocycles. The lowest BCUT2D eigenvalue weighted by molar-refractivity contribution is -0.142. The number of amides is 1. The number of phenolic OH excluding ortho intramolecular Hbond substituents is 1. The molecular weight excluding hydrogens is 260 g/mol. The van der Waals surface area contributed by atoms with Crippen LogP contribution in [0.2, 0.25) is 0 Å². The molecule has 20 heavy (non-hydrogen) atoms. The van der Waals surface area contributed by atoms with Gasteiger partial charge in [-0.25, -0.2) is 4.79 Å². The number of carboxylic acids is 1. The zero-order valence-corrected chi connectivity index (χ0v) is 11.5. The number of carbonyl (C=O) groups excluding carboxylic acids is 1. The van der Waals surface area contributed by atoms with Crippen LogP contribution in [-0.2, 0) is 16.0 Å². The Bertz CT molecular complexity index is 471. The summed E-state index contributed by atoms with van der Waals surface area (Å²) < 4.78 is 0. The number of hydrogen-bond acceptors (Lipinski definition) is 4. The summed E-state index contributed by atoms with van der Waals surface area (Å²) in [5.74, 6) is -1.57. The van der Waals surface area contributed by atoms with E-state index in [-0.39, 0.29) is 18.1 Å². The monoisotopic (exact) mass is 280 g/mol. The van der Waals surface area contributed by atoms with Gasteiger partial charge >= 0.3 is 5.97 Å². The van der Waals surface area contributed by atoms with Crippen molar-refractivity contribution in [1.82, 2.24) is 5.32 Å². The van der Waals surface area contributed by atoms with Gasteiger partial charge in [0, 0.05) is 6.42 Å². The third-order valence-electron chi connectivity index (χ3n) is 3.01. The van der Waals surface area contributed by atoms with E-state index in [1.54, 1.807) is 26.0 Å². The number of hydrogen-bond donors (Lipinski definition) is 4. The fraction of sp³-hybridized carbons (Fsp3) is 0.429. The predicted octanol–water partition coefficient (Wildman–Crippen LogP) is 0.487. The Morgan fingerprint density at radius 2 is 1.80 bits per heavy atom. The molecule has 0 bridgehead atoms. The number of phenols is 1. The molecule has 110 valence electrons. The molecule has 1 amide bonds. The fourth-order valence-corrected chi connectivity index (χ4v) is 1.64. The first kappa shape index (κ1) is 16.0. The Kier molecular flexibility index (Phi) is 5.52. The molecule has 0 fully saturated rings. The third-order valence-corrected chi connectivity index (χ3v) is 3.01. The predicted molar refractivity (Wildman–Crippen MR) is 74.2 cm³/mol. The Hall–Kier alpha value is -2.08. The lowest BCUT2D eigenvalue weighted by Gasteiger charge is -2.19. The van der Waals surface area contributed by atoms with E-state index in [2.05, 4.69) is 5.32 Å². The van der Waals surface area contributed by atoms with E-state index < -0.39 is 24.0 Å². The van der Waals surface area contributed by atoms with Crippen LogP contribution >= 0.6 is 0 Å². The van der Waals surface area contributed by atoms with Gasteiger partial charge in [0.15, 0.2) is 0 Å². The maximum absolute atomic E-state index is 11.8. The van der Waals surface area contributed by atoms with E-state index in [0.29, 0.717) is 5.56 Å². The van der Waals surface area contributed by atoms with Crippen LogP contribution in [0, 0.1) is 5.92 Å².